The zero-order valence-corrected chi connectivity index (χ0v) is 8.15. The lowest BCUT2D eigenvalue weighted by molar-refractivity contribution is 0.333. The van der Waals surface area contributed by atoms with Crippen LogP contribution in [0.3, 0.4) is 0 Å². The third kappa shape index (κ3) is 1.51. The molecule has 0 radical (unpaired) electrons. The Morgan fingerprint density at radius 2 is 2.33 bits per heavy atom. The van der Waals surface area contributed by atoms with E-state index in [4.69, 9.17) is 4.74 Å². The molecule has 2 rings (SSSR count). The third-order valence-electron chi connectivity index (χ3n) is 2.07. The van der Waals surface area contributed by atoms with Crippen LogP contribution in [0.5, 0.6) is 5.75 Å². The number of ether oxygens (including phenoxy) is 1. The van der Waals surface area contributed by atoms with Gasteiger partial charge in [0.05, 0.1) is 12.3 Å². The predicted octanol–water partition coefficient (Wildman–Crippen LogP) is 1.69. The first-order valence-corrected chi connectivity index (χ1v) is 4.56. The van der Waals surface area contributed by atoms with Crippen molar-refractivity contribution in [1.29, 1.82) is 0 Å². The summed E-state index contributed by atoms with van der Waals surface area (Å²) in [4.78, 5) is 14.8. The summed E-state index contributed by atoms with van der Waals surface area (Å²) in [5.74, 6) is 2.19. The highest BCUT2D eigenvalue weighted by Gasteiger charge is 2.23. The number of nitrogens with zero attached hydrogens (tertiary/aromatic N) is 1. The molecule has 0 aliphatic carbocycles. The maximum atomic E-state index is 10.8. The first-order valence-electron chi connectivity index (χ1n) is 4.56. The fourth-order valence-corrected chi connectivity index (χ4v) is 1.44. The van der Waals surface area contributed by atoms with E-state index in [1.54, 1.807) is 12.0 Å². The average molecular weight is 203 g/mol. The van der Waals surface area contributed by atoms with Crippen LogP contribution in [0.25, 0.3) is 5.57 Å². The maximum Gasteiger partial charge on any atom is 0.233 e. The van der Waals surface area contributed by atoms with Gasteiger partial charge in [-0.2, -0.15) is 0 Å². The van der Waals surface area contributed by atoms with Gasteiger partial charge in [-0.25, -0.2) is 9.79 Å². The zero-order chi connectivity index (χ0) is 10.8. The van der Waals surface area contributed by atoms with Crippen LogP contribution in [0.1, 0.15) is 12.5 Å². The van der Waals surface area contributed by atoms with E-state index in [0.717, 1.165) is 0 Å². The summed E-state index contributed by atoms with van der Waals surface area (Å²) in [7, 11) is 0. The molecule has 0 unspecified atom stereocenters. The molecule has 1 N–H and O–H groups in total. The van der Waals surface area contributed by atoms with E-state index in [1.807, 2.05) is 6.92 Å². The lowest BCUT2D eigenvalue weighted by Crippen LogP contribution is -2.03. The molecule has 0 aromatic heterocycles. The molecule has 0 bridgehead atoms. The second-order valence-electron chi connectivity index (χ2n) is 3.03. The van der Waals surface area contributed by atoms with E-state index in [9.17, 15) is 9.90 Å². The first-order chi connectivity index (χ1) is 7.26. The summed E-state index contributed by atoms with van der Waals surface area (Å²) in [6.45, 7) is 2.25. The van der Waals surface area contributed by atoms with Crippen LogP contribution >= 0.6 is 0 Å². The number of hydrogen-bond acceptors (Lipinski definition) is 4. The topological polar surface area (TPSA) is 58.9 Å². The van der Waals surface area contributed by atoms with E-state index in [0.29, 0.717) is 23.4 Å². The Kier molecular flexibility index (Phi) is 2.27. The Bertz CT molecular complexity index is 485. The molecule has 1 aliphatic heterocycles. The number of aliphatic imine (C=N–C) groups is 1. The highest BCUT2D eigenvalue weighted by Crippen LogP contribution is 2.35. The molecule has 4 nitrogen and oxygen atoms in total. The summed E-state index contributed by atoms with van der Waals surface area (Å²) in [5, 5.41) is 9.25. The van der Waals surface area contributed by atoms with Crippen LogP contribution in [-0.4, -0.2) is 23.6 Å². The van der Waals surface area contributed by atoms with Crippen molar-refractivity contribution in [1.82, 2.24) is 0 Å². The van der Waals surface area contributed by atoms with Crippen molar-refractivity contribution in [3.8, 4) is 5.75 Å². The Hall–Kier alpha value is -2.06. The molecular weight excluding hydrogens is 194 g/mol. The minimum atomic E-state index is 0.112. The first kappa shape index (κ1) is 9.49. The Morgan fingerprint density at radius 1 is 1.53 bits per heavy atom. The lowest BCUT2D eigenvalue weighted by Gasteiger charge is -2.00. The number of phenols is 1. The molecule has 0 saturated heterocycles. The van der Waals surface area contributed by atoms with Crippen molar-refractivity contribution in [2.75, 3.05) is 6.61 Å². The highest BCUT2D eigenvalue weighted by atomic mass is 16.5. The van der Waals surface area contributed by atoms with Gasteiger partial charge in [0.2, 0.25) is 5.90 Å². The van der Waals surface area contributed by atoms with Gasteiger partial charge in [0.1, 0.15) is 17.3 Å². The molecule has 0 saturated carbocycles. The van der Waals surface area contributed by atoms with Crippen LogP contribution in [0.15, 0.2) is 23.2 Å². The number of fused-ring (bicyclic) bond motifs is 1. The third-order valence-corrected chi connectivity index (χ3v) is 2.07. The molecule has 1 aromatic carbocycles. The molecular formula is C11H9NO3. The standard InChI is InChI=1S/C11H9NO3/c1-2-15-11-9(6-13)8-4-3-7(14)5-10(8)12-11/h3-5,14H,2H2,1H3. The van der Waals surface area contributed by atoms with Gasteiger partial charge in [-0.1, -0.05) is 0 Å². The molecule has 0 fully saturated rings. The summed E-state index contributed by atoms with van der Waals surface area (Å²) in [6, 6.07) is 4.61. The average Bonchev–Trinajstić information content (AvgIpc) is 2.54. The monoisotopic (exact) mass is 203 g/mol. The van der Waals surface area contributed by atoms with E-state index in [-0.39, 0.29) is 11.6 Å². The lowest BCUT2D eigenvalue weighted by atomic mass is 10.1. The van der Waals surface area contributed by atoms with Crippen LogP contribution in [0.4, 0.5) is 5.69 Å². The maximum absolute atomic E-state index is 10.8. The van der Waals surface area contributed by atoms with Crippen LogP contribution in [0, 0.1) is 0 Å². The number of carbonyl (C=O) groups excluding carboxylic acids is 1. The van der Waals surface area contributed by atoms with Gasteiger partial charge in [-0.3, -0.25) is 0 Å². The zero-order valence-electron chi connectivity index (χ0n) is 8.15. The molecule has 0 spiro atoms. The SMILES string of the molecule is CCOC1=Nc2cc(O)ccc2C1=C=O. The van der Waals surface area contributed by atoms with Gasteiger partial charge in [0.25, 0.3) is 0 Å². The Morgan fingerprint density at radius 3 is 3.00 bits per heavy atom. The normalized spacial score (nSPS) is 13.1. The minimum absolute atomic E-state index is 0.112. The predicted molar refractivity (Wildman–Crippen MR) is 55.9 cm³/mol. The molecule has 15 heavy (non-hydrogen) atoms. The van der Waals surface area contributed by atoms with Crippen LogP contribution in [0.2, 0.25) is 0 Å². The Balaban J connectivity index is 2.52. The number of hydrogen-bond donors (Lipinski definition) is 1. The number of phenolic OH excluding ortho intramolecular Hbond substituents is 1. The summed E-state index contributed by atoms with van der Waals surface area (Å²) < 4.78 is 5.20. The van der Waals surface area contributed by atoms with Crippen molar-refractivity contribution in [3.05, 3.63) is 23.8 Å². The number of aromatic hydroxyl groups is 1. The van der Waals surface area contributed by atoms with Gasteiger partial charge in [-0.15, -0.1) is 0 Å². The molecule has 0 atom stereocenters. The van der Waals surface area contributed by atoms with E-state index >= 15 is 0 Å². The van der Waals surface area contributed by atoms with Gasteiger partial charge >= 0.3 is 0 Å². The minimum Gasteiger partial charge on any atom is -0.508 e. The van der Waals surface area contributed by atoms with Gasteiger partial charge in [0.15, 0.2) is 0 Å². The highest BCUT2D eigenvalue weighted by molar-refractivity contribution is 6.32. The molecule has 1 aromatic rings. The summed E-state index contributed by atoms with van der Waals surface area (Å²) in [6.07, 6.45) is 0. The summed E-state index contributed by atoms with van der Waals surface area (Å²) in [5.41, 5.74) is 1.50. The van der Waals surface area contributed by atoms with Gasteiger partial charge < -0.3 is 9.84 Å². The van der Waals surface area contributed by atoms with Crippen molar-refractivity contribution in [2.24, 2.45) is 4.99 Å². The quantitative estimate of drug-likeness (QED) is 0.706. The van der Waals surface area contributed by atoms with Crippen molar-refractivity contribution in [3.63, 3.8) is 0 Å². The second-order valence-corrected chi connectivity index (χ2v) is 3.03. The van der Waals surface area contributed by atoms with Gasteiger partial charge in [-0.05, 0) is 19.1 Å². The number of benzene rings is 1. The fraction of sp³-hybridized carbons (Fsp3) is 0.182. The largest absolute Gasteiger partial charge is 0.508 e. The smallest absolute Gasteiger partial charge is 0.233 e. The number of rotatable bonds is 1. The fourth-order valence-electron chi connectivity index (χ4n) is 1.44. The van der Waals surface area contributed by atoms with Crippen LogP contribution < -0.4 is 0 Å². The molecule has 1 aliphatic rings. The van der Waals surface area contributed by atoms with E-state index in [2.05, 4.69) is 4.99 Å². The Labute approximate surface area is 86.5 Å². The van der Waals surface area contributed by atoms with Crippen LogP contribution in [-0.2, 0) is 9.53 Å². The van der Waals surface area contributed by atoms with Gasteiger partial charge in [0, 0.05) is 11.6 Å². The summed E-state index contributed by atoms with van der Waals surface area (Å²) >= 11 is 0. The molecule has 0 amide bonds. The second kappa shape index (κ2) is 3.59. The van der Waals surface area contributed by atoms with E-state index in [1.165, 1.54) is 12.1 Å². The van der Waals surface area contributed by atoms with Crippen molar-refractivity contribution < 1.29 is 14.6 Å². The van der Waals surface area contributed by atoms with Crippen molar-refractivity contribution in [2.45, 2.75) is 6.92 Å². The van der Waals surface area contributed by atoms with E-state index < -0.39 is 0 Å². The molecule has 76 valence electrons. The molecule has 1 heterocycles. The molecule has 4 heteroatoms. The van der Waals surface area contributed by atoms with Crippen molar-refractivity contribution >= 4 is 23.1 Å².